The van der Waals surface area contributed by atoms with Crippen LogP contribution in [0.2, 0.25) is 0 Å². The van der Waals surface area contributed by atoms with Gasteiger partial charge in [0.05, 0.1) is 16.3 Å². The molecule has 0 N–H and O–H groups in total. The van der Waals surface area contributed by atoms with E-state index in [0.717, 1.165) is 9.87 Å². The first-order valence-electron chi connectivity index (χ1n) is 6.60. The monoisotopic (exact) mass is 373 g/mol. The molecule has 116 valence electrons. The largest absolute Gasteiger partial charge is 0.272 e. The van der Waals surface area contributed by atoms with Crippen molar-refractivity contribution in [1.82, 2.24) is 4.31 Å². The molecule has 0 heterocycles. The van der Waals surface area contributed by atoms with Crippen molar-refractivity contribution in [2.45, 2.75) is 30.5 Å². The third-order valence-electron chi connectivity index (χ3n) is 2.97. The second-order valence-corrected chi connectivity index (χ2v) is 7.97. The number of aryl methyl sites for hydroxylation is 1. The van der Waals surface area contributed by atoms with Gasteiger partial charge in [0.25, 0.3) is 15.9 Å². The first-order valence-corrected chi connectivity index (χ1v) is 8.95. The SMILES string of the molecule is C=CCN(C(=O)C(Br)C(C)C)S(=O)(=O)c1ccc(C)cc1. The van der Waals surface area contributed by atoms with Gasteiger partial charge in [-0.05, 0) is 25.0 Å². The summed E-state index contributed by atoms with van der Waals surface area (Å²) in [4.78, 5) is 12.0. The second kappa shape index (κ2) is 7.22. The number of hydrogen-bond donors (Lipinski definition) is 0. The molecule has 6 heteroatoms. The van der Waals surface area contributed by atoms with Gasteiger partial charge in [0.1, 0.15) is 0 Å². The maximum atomic E-state index is 12.6. The highest BCUT2D eigenvalue weighted by molar-refractivity contribution is 9.10. The van der Waals surface area contributed by atoms with Crippen molar-refractivity contribution in [1.29, 1.82) is 0 Å². The van der Waals surface area contributed by atoms with E-state index in [4.69, 9.17) is 0 Å². The van der Waals surface area contributed by atoms with E-state index in [1.165, 1.54) is 18.2 Å². The predicted octanol–water partition coefficient (Wildman–Crippen LogP) is 3.12. The quantitative estimate of drug-likeness (QED) is 0.568. The van der Waals surface area contributed by atoms with Crippen LogP contribution < -0.4 is 0 Å². The second-order valence-electron chi connectivity index (χ2n) is 5.12. The third-order valence-corrected chi connectivity index (χ3v) is 6.20. The zero-order chi connectivity index (χ0) is 16.2. The fraction of sp³-hybridized carbons (Fsp3) is 0.400. The van der Waals surface area contributed by atoms with Crippen LogP contribution >= 0.6 is 15.9 Å². The summed E-state index contributed by atoms with van der Waals surface area (Å²) in [5, 5.41) is 0. The Labute approximate surface area is 135 Å². The summed E-state index contributed by atoms with van der Waals surface area (Å²) in [7, 11) is -3.88. The van der Waals surface area contributed by atoms with Crippen molar-refractivity contribution >= 4 is 31.9 Å². The Bertz CT molecular complexity index is 608. The fourth-order valence-corrected chi connectivity index (χ4v) is 3.45. The first kappa shape index (κ1) is 17.9. The Morgan fingerprint density at radius 1 is 1.33 bits per heavy atom. The van der Waals surface area contributed by atoms with Gasteiger partial charge < -0.3 is 0 Å². The van der Waals surface area contributed by atoms with E-state index < -0.39 is 20.8 Å². The van der Waals surface area contributed by atoms with Gasteiger partial charge in [0.15, 0.2) is 0 Å². The lowest BCUT2D eigenvalue weighted by Crippen LogP contribution is -2.42. The number of amides is 1. The Kier molecular flexibility index (Phi) is 6.16. The maximum Gasteiger partial charge on any atom is 0.266 e. The molecule has 0 aliphatic carbocycles. The van der Waals surface area contributed by atoms with Crippen molar-refractivity contribution in [2.75, 3.05) is 6.54 Å². The highest BCUT2D eigenvalue weighted by Crippen LogP contribution is 2.22. The van der Waals surface area contributed by atoms with Gasteiger partial charge in [-0.2, -0.15) is 0 Å². The zero-order valence-electron chi connectivity index (χ0n) is 12.4. The summed E-state index contributed by atoms with van der Waals surface area (Å²) >= 11 is 3.26. The van der Waals surface area contributed by atoms with E-state index in [2.05, 4.69) is 22.5 Å². The summed E-state index contributed by atoms with van der Waals surface area (Å²) in [5.74, 6) is -0.497. The van der Waals surface area contributed by atoms with E-state index in [0.29, 0.717) is 0 Å². The number of nitrogens with zero attached hydrogens (tertiary/aromatic N) is 1. The lowest BCUT2D eigenvalue weighted by atomic mass is 10.1. The smallest absolute Gasteiger partial charge is 0.266 e. The van der Waals surface area contributed by atoms with E-state index in [1.807, 2.05) is 20.8 Å². The number of halogens is 1. The molecule has 0 bridgehead atoms. The van der Waals surface area contributed by atoms with E-state index in [-0.39, 0.29) is 17.4 Å². The molecule has 1 rings (SSSR count). The van der Waals surface area contributed by atoms with Crippen LogP contribution in [0.5, 0.6) is 0 Å². The third kappa shape index (κ3) is 4.17. The Morgan fingerprint density at radius 2 is 1.86 bits per heavy atom. The molecule has 1 amide bonds. The number of rotatable bonds is 6. The van der Waals surface area contributed by atoms with Crippen LogP contribution in [0, 0.1) is 12.8 Å². The van der Waals surface area contributed by atoms with Crippen molar-refractivity contribution in [3.8, 4) is 0 Å². The summed E-state index contributed by atoms with van der Waals surface area (Å²) in [6.07, 6.45) is 1.41. The van der Waals surface area contributed by atoms with Crippen LogP contribution in [0.3, 0.4) is 0 Å². The Balaban J connectivity index is 3.23. The maximum absolute atomic E-state index is 12.6. The highest BCUT2D eigenvalue weighted by Gasteiger charge is 2.33. The van der Waals surface area contributed by atoms with Crippen molar-refractivity contribution in [3.63, 3.8) is 0 Å². The average molecular weight is 374 g/mol. The molecular formula is C15H20BrNO3S. The summed E-state index contributed by atoms with van der Waals surface area (Å²) in [5.41, 5.74) is 0.955. The molecule has 0 spiro atoms. The van der Waals surface area contributed by atoms with Crippen molar-refractivity contribution in [3.05, 3.63) is 42.5 Å². The molecule has 21 heavy (non-hydrogen) atoms. The number of alkyl halides is 1. The van der Waals surface area contributed by atoms with Gasteiger partial charge >= 0.3 is 0 Å². The molecule has 0 fully saturated rings. The lowest BCUT2D eigenvalue weighted by Gasteiger charge is -2.25. The minimum absolute atomic E-state index is 0.0157. The normalized spacial score (nSPS) is 13.0. The summed E-state index contributed by atoms with van der Waals surface area (Å²) in [6.45, 7) is 9.05. The Hall–Kier alpha value is -1.14. The topological polar surface area (TPSA) is 54.5 Å². The molecule has 1 atom stereocenters. The molecule has 0 radical (unpaired) electrons. The van der Waals surface area contributed by atoms with Crippen molar-refractivity contribution < 1.29 is 13.2 Å². The first-order chi connectivity index (χ1) is 9.71. The number of carbonyl (C=O) groups excluding carboxylic acids is 1. The minimum atomic E-state index is -3.88. The standard InChI is InChI=1S/C15H20BrNO3S/c1-5-10-17(15(18)14(16)11(2)3)21(19,20)13-8-6-12(4)7-9-13/h5-9,11,14H,1,10H2,2-4H3. The number of sulfonamides is 1. The van der Waals surface area contributed by atoms with E-state index >= 15 is 0 Å². The van der Waals surface area contributed by atoms with Crippen LogP contribution in [0.25, 0.3) is 0 Å². The van der Waals surface area contributed by atoms with Crippen LogP contribution in [0.4, 0.5) is 0 Å². The molecule has 0 aliphatic rings. The van der Waals surface area contributed by atoms with Gasteiger partial charge in [-0.3, -0.25) is 4.79 Å². The molecule has 0 aliphatic heterocycles. The highest BCUT2D eigenvalue weighted by atomic mass is 79.9. The lowest BCUT2D eigenvalue weighted by molar-refractivity contribution is -0.126. The van der Waals surface area contributed by atoms with Gasteiger partial charge in [-0.15, -0.1) is 6.58 Å². The molecular weight excluding hydrogens is 354 g/mol. The number of benzene rings is 1. The van der Waals surface area contributed by atoms with Crippen LogP contribution in [0.1, 0.15) is 19.4 Å². The van der Waals surface area contributed by atoms with Gasteiger partial charge in [-0.1, -0.05) is 53.5 Å². The molecule has 1 aromatic carbocycles. The summed E-state index contributed by atoms with van der Waals surface area (Å²) < 4.78 is 26.1. The van der Waals surface area contributed by atoms with Crippen LogP contribution in [0.15, 0.2) is 41.8 Å². The molecule has 1 unspecified atom stereocenters. The van der Waals surface area contributed by atoms with E-state index in [1.54, 1.807) is 12.1 Å². The molecule has 1 aromatic rings. The summed E-state index contributed by atoms with van der Waals surface area (Å²) in [6, 6.07) is 6.42. The van der Waals surface area contributed by atoms with Crippen LogP contribution in [-0.2, 0) is 14.8 Å². The van der Waals surface area contributed by atoms with Gasteiger partial charge in [0, 0.05) is 0 Å². The minimum Gasteiger partial charge on any atom is -0.272 e. The number of carbonyl (C=O) groups is 1. The van der Waals surface area contributed by atoms with Crippen LogP contribution in [-0.4, -0.2) is 30.0 Å². The van der Waals surface area contributed by atoms with E-state index in [9.17, 15) is 13.2 Å². The van der Waals surface area contributed by atoms with Gasteiger partial charge in [0.2, 0.25) is 0 Å². The molecule has 0 aromatic heterocycles. The molecule has 4 nitrogen and oxygen atoms in total. The Morgan fingerprint density at radius 3 is 2.29 bits per heavy atom. The van der Waals surface area contributed by atoms with Gasteiger partial charge in [-0.25, -0.2) is 12.7 Å². The zero-order valence-corrected chi connectivity index (χ0v) is 14.8. The number of hydrogen-bond acceptors (Lipinski definition) is 3. The van der Waals surface area contributed by atoms with Crippen molar-refractivity contribution in [2.24, 2.45) is 5.92 Å². The fourth-order valence-electron chi connectivity index (χ4n) is 1.68. The average Bonchev–Trinajstić information content (AvgIpc) is 2.43. The predicted molar refractivity (Wildman–Crippen MR) is 87.8 cm³/mol. The molecule has 0 saturated heterocycles. The molecule has 0 saturated carbocycles.